The molecular formula is C15H17ClN2O2. The molecule has 0 atom stereocenters. The monoisotopic (exact) mass is 292 g/mol. The van der Waals surface area contributed by atoms with Crippen molar-refractivity contribution in [3.8, 4) is 0 Å². The Balaban J connectivity index is 2.04. The number of aromatic nitrogens is 2. The van der Waals surface area contributed by atoms with Crippen LogP contribution in [0.2, 0.25) is 5.02 Å². The van der Waals surface area contributed by atoms with Crippen molar-refractivity contribution in [3.63, 3.8) is 0 Å². The quantitative estimate of drug-likeness (QED) is 0.866. The molecule has 2 aromatic rings. The summed E-state index contributed by atoms with van der Waals surface area (Å²) in [7, 11) is 0. The first-order valence-electron chi connectivity index (χ1n) is 6.44. The average molecular weight is 293 g/mol. The molecule has 1 heterocycles. The van der Waals surface area contributed by atoms with Gasteiger partial charge >= 0.3 is 0 Å². The van der Waals surface area contributed by atoms with Gasteiger partial charge in [-0.3, -0.25) is 4.79 Å². The zero-order valence-electron chi connectivity index (χ0n) is 11.8. The van der Waals surface area contributed by atoms with Gasteiger partial charge < -0.3 is 4.52 Å². The molecule has 5 heteroatoms. The van der Waals surface area contributed by atoms with Gasteiger partial charge in [-0.2, -0.15) is 4.98 Å². The van der Waals surface area contributed by atoms with Crippen LogP contribution in [-0.2, 0) is 17.6 Å². The second-order valence-electron chi connectivity index (χ2n) is 5.76. The van der Waals surface area contributed by atoms with E-state index < -0.39 is 5.41 Å². The smallest absolute Gasteiger partial charge is 0.234 e. The highest BCUT2D eigenvalue weighted by molar-refractivity contribution is 6.30. The van der Waals surface area contributed by atoms with Crippen LogP contribution in [-0.4, -0.2) is 15.9 Å². The highest BCUT2D eigenvalue weighted by Gasteiger charge is 2.23. The standard InChI is InChI=1S/C15H17ClN2O2/c1-15(2,3)12(19)9-14-17-13(18-20-14)8-10-5-4-6-11(16)7-10/h4-7H,8-9H2,1-3H3. The molecule has 0 unspecified atom stereocenters. The zero-order chi connectivity index (χ0) is 14.8. The Labute approximate surface area is 123 Å². The van der Waals surface area contributed by atoms with Crippen LogP contribution in [0.1, 0.15) is 38.0 Å². The number of ketones is 1. The molecule has 0 aliphatic rings. The van der Waals surface area contributed by atoms with Gasteiger partial charge in [0.05, 0.1) is 6.42 Å². The van der Waals surface area contributed by atoms with E-state index in [9.17, 15) is 4.79 Å². The molecule has 0 aliphatic heterocycles. The summed E-state index contributed by atoms with van der Waals surface area (Å²) in [5, 5.41) is 4.57. The van der Waals surface area contributed by atoms with Crippen molar-refractivity contribution < 1.29 is 9.32 Å². The summed E-state index contributed by atoms with van der Waals surface area (Å²) in [5.74, 6) is 1.00. The number of carbonyl (C=O) groups is 1. The van der Waals surface area contributed by atoms with Crippen LogP contribution in [0.5, 0.6) is 0 Å². The third-order valence-electron chi connectivity index (χ3n) is 2.91. The van der Waals surface area contributed by atoms with Gasteiger partial charge in [0, 0.05) is 16.9 Å². The Bertz CT molecular complexity index is 614. The van der Waals surface area contributed by atoms with E-state index in [1.165, 1.54) is 0 Å². The maximum atomic E-state index is 11.9. The molecule has 0 aliphatic carbocycles. The number of rotatable bonds is 4. The molecule has 20 heavy (non-hydrogen) atoms. The third kappa shape index (κ3) is 3.90. The second-order valence-corrected chi connectivity index (χ2v) is 6.20. The molecule has 0 amide bonds. The van der Waals surface area contributed by atoms with Gasteiger partial charge in [0.1, 0.15) is 5.78 Å². The maximum absolute atomic E-state index is 11.9. The summed E-state index contributed by atoms with van der Waals surface area (Å²) in [6.07, 6.45) is 0.708. The van der Waals surface area contributed by atoms with Crippen LogP contribution in [0.3, 0.4) is 0 Å². The van der Waals surface area contributed by atoms with Crippen molar-refractivity contribution in [2.45, 2.75) is 33.6 Å². The van der Waals surface area contributed by atoms with E-state index in [0.29, 0.717) is 23.2 Å². The molecule has 0 bridgehead atoms. The predicted octanol–water partition coefficient (Wildman–Crippen LogP) is 3.47. The lowest BCUT2D eigenvalue weighted by Gasteiger charge is -2.14. The van der Waals surface area contributed by atoms with E-state index in [0.717, 1.165) is 5.56 Å². The van der Waals surface area contributed by atoms with Crippen molar-refractivity contribution in [3.05, 3.63) is 46.6 Å². The minimum Gasteiger partial charge on any atom is -0.339 e. The van der Waals surface area contributed by atoms with Gasteiger partial charge in [-0.25, -0.2) is 0 Å². The first kappa shape index (κ1) is 14.7. The summed E-state index contributed by atoms with van der Waals surface area (Å²) < 4.78 is 5.12. The summed E-state index contributed by atoms with van der Waals surface area (Å²) >= 11 is 5.93. The van der Waals surface area contributed by atoms with E-state index in [2.05, 4.69) is 10.1 Å². The van der Waals surface area contributed by atoms with Gasteiger partial charge in [0.25, 0.3) is 0 Å². The van der Waals surface area contributed by atoms with Crippen molar-refractivity contribution >= 4 is 17.4 Å². The third-order valence-corrected chi connectivity index (χ3v) is 3.14. The molecule has 0 radical (unpaired) electrons. The van der Waals surface area contributed by atoms with Crippen LogP contribution >= 0.6 is 11.6 Å². The average Bonchev–Trinajstić information content (AvgIpc) is 2.75. The van der Waals surface area contributed by atoms with Crippen molar-refractivity contribution in [1.82, 2.24) is 10.1 Å². The van der Waals surface area contributed by atoms with Gasteiger partial charge in [-0.05, 0) is 17.7 Å². The fourth-order valence-electron chi connectivity index (χ4n) is 1.67. The van der Waals surface area contributed by atoms with Gasteiger partial charge in [-0.15, -0.1) is 0 Å². The first-order valence-corrected chi connectivity index (χ1v) is 6.81. The van der Waals surface area contributed by atoms with Crippen LogP contribution in [0.4, 0.5) is 0 Å². The fourth-order valence-corrected chi connectivity index (χ4v) is 1.88. The molecule has 0 fully saturated rings. The van der Waals surface area contributed by atoms with Crippen molar-refractivity contribution in [1.29, 1.82) is 0 Å². The number of halogens is 1. The summed E-state index contributed by atoms with van der Waals surface area (Å²) in [4.78, 5) is 16.1. The summed E-state index contributed by atoms with van der Waals surface area (Å²) in [6, 6.07) is 7.50. The molecular weight excluding hydrogens is 276 g/mol. The van der Waals surface area contributed by atoms with Crippen LogP contribution in [0.25, 0.3) is 0 Å². The number of nitrogens with zero attached hydrogens (tertiary/aromatic N) is 2. The van der Waals surface area contributed by atoms with Crippen molar-refractivity contribution in [2.75, 3.05) is 0 Å². The number of benzene rings is 1. The number of hydrogen-bond acceptors (Lipinski definition) is 4. The summed E-state index contributed by atoms with van der Waals surface area (Å²) in [6.45, 7) is 5.62. The molecule has 106 valence electrons. The number of hydrogen-bond donors (Lipinski definition) is 0. The maximum Gasteiger partial charge on any atom is 0.234 e. The van der Waals surface area contributed by atoms with Crippen LogP contribution in [0, 0.1) is 5.41 Å². The van der Waals surface area contributed by atoms with E-state index in [4.69, 9.17) is 16.1 Å². The molecule has 2 rings (SSSR count). The number of carbonyl (C=O) groups excluding carboxylic acids is 1. The van der Waals surface area contributed by atoms with Gasteiger partial charge in [-0.1, -0.05) is 49.7 Å². The lowest BCUT2D eigenvalue weighted by Crippen LogP contribution is -2.22. The SMILES string of the molecule is CC(C)(C)C(=O)Cc1nc(Cc2cccc(Cl)c2)no1. The first-order chi connectivity index (χ1) is 9.34. The Hall–Kier alpha value is -1.68. The van der Waals surface area contributed by atoms with Gasteiger partial charge in [0.15, 0.2) is 5.82 Å². The molecule has 1 aromatic carbocycles. The Morgan fingerprint density at radius 1 is 1.35 bits per heavy atom. The van der Waals surface area contributed by atoms with Crippen LogP contribution in [0.15, 0.2) is 28.8 Å². The lowest BCUT2D eigenvalue weighted by molar-refractivity contribution is -0.125. The molecule has 0 spiro atoms. The van der Waals surface area contributed by atoms with E-state index >= 15 is 0 Å². The second kappa shape index (κ2) is 5.75. The number of Topliss-reactive ketones (excluding diaryl/α,β-unsaturated/α-hetero) is 1. The molecule has 1 aromatic heterocycles. The zero-order valence-corrected chi connectivity index (χ0v) is 12.6. The Morgan fingerprint density at radius 3 is 2.75 bits per heavy atom. The van der Waals surface area contributed by atoms with Gasteiger partial charge in [0.2, 0.25) is 5.89 Å². The largest absolute Gasteiger partial charge is 0.339 e. The fraction of sp³-hybridized carbons (Fsp3) is 0.400. The molecule has 0 N–H and O–H groups in total. The normalized spacial score (nSPS) is 11.6. The predicted molar refractivity (Wildman–Crippen MR) is 76.7 cm³/mol. The molecule has 4 nitrogen and oxygen atoms in total. The minimum absolute atomic E-state index is 0.0791. The van der Waals surface area contributed by atoms with Crippen LogP contribution < -0.4 is 0 Å². The van der Waals surface area contributed by atoms with E-state index in [-0.39, 0.29) is 12.2 Å². The van der Waals surface area contributed by atoms with E-state index in [1.54, 1.807) is 0 Å². The lowest BCUT2D eigenvalue weighted by atomic mass is 9.89. The minimum atomic E-state index is -0.401. The summed E-state index contributed by atoms with van der Waals surface area (Å²) in [5.41, 5.74) is 0.605. The van der Waals surface area contributed by atoms with E-state index in [1.807, 2.05) is 45.0 Å². The molecule has 0 saturated carbocycles. The Morgan fingerprint density at radius 2 is 2.10 bits per heavy atom. The highest BCUT2D eigenvalue weighted by Crippen LogP contribution is 2.18. The van der Waals surface area contributed by atoms with Crippen molar-refractivity contribution in [2.24, 2.45) is 5.41 Å². The molecule has 0 saturated heterocycles. The highest BCUT2D eigenvalue weighted by atomic mass is 35.5. The Kier molecular flexibility index (Phi) is 4.23. The topological polar surface area (TPSA) is 56.0 Å².